The molecule has 2 N–H and O–H groups in total. The molecule has 2 aromatic heterocycles. The van der Waals surface area contributed by atoms with Crippen LogP contribution in [0.5, 0.6) is 0 Å². The van der Waals surface area contributed by atoms with Crippen molar-refractivity contribution in [3.05, 3.63) is 40.5 Å². The third-order valence-electron chi connectivity index (χ3n) is 4.49. The van der Waals surface area contributed by atoms with Crippen molar-refractivity contribution >= 4 is 23.1 Å². The largest absolute Gasteiger partial charge is 0.384 e. The first-order valence-corrected chi connectivity index (χ1v) is 9.17. The zero-order chi connectivity index (χ0) is 16.9. The molecule has 0 aromatic carbocycles. The molecule has 1 atom stereocenters. The lowest BCUT2D eigenvalue weighted by Crippen LogP contribution is -2.35. The summed E-state index contributed by atoms with van der Waals surface area (Å²) in [5.74, 6) is 1.40. The molecule has 0 bridgehead atoms. The quantitative estimate of drug-likeness (QED) is 0.920. The topological polar surface area (TPSA) is 75.4 Å². The number of carbonyl (C=O) groups is 1. The maximum atomic E-state index is 12.5. The molecule has 1 saturated heterocycles. The number of aromatic nitrogens is 2. The molecule has 128 valence electrons. The summed E-state index contributed by atoms with van der Waals surface area (Å²) in [6, 6.07) is 4.03. The van der Waals surface area contributed by atoms with Gasteiger partial charge in [-0.3, -0.25) is 9.69 Å². The molecule has 24 heavy (non-hydrogen) atoms. The number of likely N-dealkylation sites (tertiary alicyclic amines) is 1. The molecule has 7 heteroatoms. The van der Waals surface area contributed by atoms with Crippen LogP contribution >= 0.6 is 11.3 Å². The molecule has 2 aromatic rings. The highest BCUT2D eigenvalue weighted by atomic mass is 32.1. The Morgan fingerprint density at radius 3 is 3.04 bits per heavy atom. The number of anilines is 1. The summed E-state index contributed by atoms with van der Waals surface area (Å²) in [5.41, 5.74) is 6.53. The number of carbonyl (C=O) groups excluding carboxylic acids is 1. The van der Waals surface area contributed by atoms with E-state index in [2.05, 4.69) is 21.9 Å². The SMILES string of the molecule is CN(Cc1nccc(N)n1)[C@H]1CCCN(C(=O)c2ccsc2)CC1. The van der Waals surface area contributed by atoms with E-state index in [4.69, 9.17) is 5.73 Å². The Kier molecular flexibility index (Phi) is 5.42. The fourth-order valence-corrected chi connectivity index (χ4v) is 3.76. The predicted molar refractivity (Wildman–Crippen MR) is 95.8 cm³/mol. The molecule has 0 saturated carbocycles. The Morgan fingerprint density at radius 1 is 1.42 bits per heavy atom. The van der Waals surface area contributed by atoms with Gasteiger partial charge in [0.2, 0.25) is 0 Å². The standard InChI is InChI=1S/C17H23N5OS/c1-21(11-16-19-7-4-15(18)20-16)14-3-2-8-22(9-5-14)17(23)13-6-10-24-12-13/h4,6-7,10,12,14H,2-3,5,8-9,11H2,1H3,(H2,18,19,20)/t14-/m0/s1. The van der Waals surface area contributed by atoms with Gasteiger partial charge in [0.25, 0.3) is 5.91 Å². The number of amides is 1. The molecule has 0 spiro atoms. The molecule has 3 rings (SSSR count). The fourth-order valence-electron chi connectivity index (χ4n) is 3.13. The zero-order valence-corrected chi connectivity index (χ0v) is 14.7. The lowest BCUT2D eigenvalue weighted by Gasteiger charge is -2.26. The summed E-state index contributed by atoms with van der Waals surface area (Å²) in [6.07, 6.45) is 4.75. The molecule has 0 aliphatic carbocycles. The van der Waals surface area contributed by atoms with Gasteiger partial charge in [-0.25, -0.2) is 9.97 Å². The molecule has 1 aliphatic rings. The van der Waals surface area contributed by atoms with Gasteiger partial charge in [-0.2, -0.15) is 11.3 Å². The monoisotopic (exact) mass is 345 g/mol. The maximum Gasteiger partial charge on any atom is 0.254 e. The van der Waals surface area contributed by atoms with E-state index in [0.29, 0.717) is 18.4 Å². The maximum absolute atomic E-state index is 12.5. The Morgan fingerprint density at radius 2 is 2.29 bits per heavy atom. The molecule has 1 aliphatic heterocycles. The average Bonchev–Trinajstić information content (AvgIpc) is 2.98. The highest BCUT2D eigenvalue weighted by molar-refractivity contribution is 7.08. The minimum atomic E-state index is 0.152. The lowest BCUT2D eigenvalue weighted by molar-refractivity contribution is 0.0758. The molecule has 1 fully saturated rings. The van der Waals surface area contributed by atoms with Crippen LogP contribution in [0.2, 0.25) is 0 Å². The molecule has 3 heterocycles. The van der Waals surface area contributed by atoms with Crippen LogP contribution in [-0.2, 0) is 6.54 Å². The third kappa shape index (κ3) is 4.10. The summed E-state index contributed by atoms with van der Waals surface area (Å²) in [5, 5.41) is 3.88. The Bertz CT molecular complexity index is 675. The normalized spacial score (nSPS) is 18.6. The minimum Gasteiger partial charge on any atom is -0.384 e. The van der Waals surface area contributed by atoms with E-state index in [1.54, 1.807) is 23.6 Å². The van der Waals surface area contributed by atoms with Crippen LogP contribution in [0.1, 0.15) is 35.4 Å². The number of hydrogen-bond donors (Lipinski definition) is 1. The van der Waals surface area contributed by atoms with Crippen molar-refractivity contribution in [2.45, 2.75) is 31.8 Å². The molecule has 6 nitrogen and oxygen atoms in total. The van der Waals surface area contributed by atoms with E-state index >= 15 is 0 Å². The average molecular weight is 345 g/mol. The van der Waals surface area contributed by atoms with Gasteiger partial charge in [0.1, 0.15) is 11.6 Å². The van der Waals surface area contributed by atoms with Gasteiger partial charge in [0.05, 0.1) is 12.1 Å². The van der Waals surface area contributed by atoms with Crippen LogP contribution in [0, 0.1) is 0 Å². The molecule has 1 amide bonds. The van der Waals surface area contributed by atoms with Crippen LogP contribution in [0.3, 0.4) is 0 Å². The van der Waals surface area contributed by atoms with Crippen LogP contribution in [-0.4, -0.2) is 51.9 Å². The summed E-state index contributed by atoms with van der Waals surface area (Å²) in [7, 11) is 2.09. The number of rotatable bonds is 4. The molecular weight excluding hydrogens is 322 g/mol. The van der Waals surface area contributed by atoms with Gasteiger partial charge < -0.3 is 10.6 Å². The second kappa shape index (κ2) is 7.72. The number of nitrogen functional groups attached to an aromatic ring is 1. The fraction of sp³-hybridized carbons (Fsp3) is 0.471. The minimum absolute atomic E-state index is 0.152. The zero-order valence-electron chi connectivity index (χ0n) is 13.9. The summed E-state index contributed by atoms with van der Waals surface area (Å²) < 4.78 is 0. The van der Waals surface area contributed by atoms with Crippen LogP contribution < -0.4 is 5.73 Å². The third-order valence-corrected chi connectivity index (χ3v) is 5.18. The molecular formula is C17H23N5OS. The first-order chi connectivity index (χ1) is 11.6. The van der Waals surface area contributed by atoms with Crippen molar-refractivity contribution in [3.8, 4) is 0 Å². The van der Waals surface area contributed by atoms with Crippen LogP contribution in [0.25, 0.3) is 0 Å². The predicted octanol–water partition coefficient (Wildman–Crippen LogP) is 2.25. The number of nitrogens with two attached hydrogens (primary N) is 1. The van der Waals surface area contributed by atoms with Gasteiger partial charge in [0, 0.05) is 30.7 Å². The smallest absolute Gasteiger partial charge is 0.254 e. The second-order valence-corrected chi connectivity index (χ2v) is 6.98. The Labute approximate surface area is 146 Å². The molecule has 0 unspecified atom stereocenters. The van der Waals surface area contributed by atoms with Gasteiger partial charge in [-0.05, 0) is 43.8 Å². The van der Waals surface area contributed by atoms with Crippen molar-refractivity contribution in [1.29, 1.82) is 0 Å². The van der Waals surface area contributed by atoms with Crippen molar-refractivity contribution < 1.29 is 4.79 Å². The lowest BCUT2D eigenvalue weighted by atomic mass is 10.1. The van der Waals surface area contributed by atoms with E-state index in [1.807, 2.05) is 21.7 Å². The van der Waals surface area contributed by atoms with E-state index in [1.165, 1.54) is 0 Å². The Balaban J connectivity index is 1.57. The van der Waals surface area contributed by atoms with Crippen molar-refractivity contribution in [2.75, 3.05) is 25.9 Å². The van der Waals surface area contributed by atoms with Gasteiger partial charge in [-0.1, -0.05) is 0 Å². The van der Waals surface area contributed by atoms with E-state index in [0.717, 1.165) is 43.7 Å². The van der Waals surface area contributed by atoms with Gasteiger partial charge in [-0.15, -0.1) is 0 Å². The summed E-state index contributed by atoms with van der Waals surface area (Å²) >= 11 is 1.57. The summed E-state index contributed by atoms with van der Waals surface area (Å²) in [4.78, 5) is 25.3. The van der Waals surface area contributed by atoms with Crippen LogP contribution in [0.15, 0.2) is 29.1 Å². The highest BCUT2D eigenvalue weighted by Crippen LogP contribution is 2.19. The van der Waals surface area contributed by atoms with Gasteiger partial charge in [0.15, 0.2) is 0 Å². The number of nitrogens with zero attached hydrogens (tertiary/aromatic N) is 4. The molecule has 0 radical (unpaired) electrons. The summed E-state index contributed by atoms with van der Waals surface area (Å²) in [6.45, 7) is 2.30. The van der Waals surface area contributed by atoms with E-state index < -0.39 is 0 Å². The van der Waals surface area contributed by atoms with Crippen LogP contribution in [0.4, 0.5) is 5.82 Å². The van der Waals surface area contributed by atoms with Crippen molar-refractivity contribution in [3.63, 3.8) is 0 Å². The second-order valence-electron chi connectivity index (χ2n) is 6.20. The first-order valence-electron chi connectivity index (χ1n) is 8.22. The first kappa shape index (κ1) is 16.9. The highest BCUT2D eigenvalue weighted by Gasteiger charge is 2.24. The van der Waals surface area contributed by atoms with Crippen molar-refractivity contribution in [1.82, 2.24) is 19.8 Å². The number of hydrogen-bond acceptors (Lipinski definition) is 6. The van der Waals surface area contributed by atoms with Gasteiger partial charge >= 0.3 is 0 Å². The van der Waals surface area contributed by atoms with E-state index in [-0.39, 0.29) is 5.91 Å². The van der Waals surface area contributed by atoms with Crippen molar-refractivity contribution in [2.24, 2.45) is 0 Å². The van der Waals surface area contributed by atoms with E-state index in [9.17, 15) is 4.79 Å². The number of thiophene rings is 1. The Hall–Kier alpha value is -1.99.